The van der Waals surface area contributed by atoms with Gasteiger partial charge in [0.1, 0.15) is 0 Å². The van der Waals surface area contributed by atoms with Gasteiger partial charge in [0.15, 0.2) is 0 Å². The first-order valence-corrected chi connectivity index (χ1v) is 28.1. The lowest BCUT2D eigenvalue weighted by Gasteiger charge is -2.22. The number of hydrogen-bond acceptors (Lipinski definition) is 3. The molecule has 0 fully saturated rings. The molecule has 3 N–H and O–H groups in total. The highest BCUT2D eigenvalue weighted by molar-refractivity contribution is 5.76. The third kappa shape index (κ3) is 52.0. The minimum atomic E-state index is -0.693. The summed E-state index contributed by atoms with van der Waals surface area (Å²) >= 11 is 0. The van der Waals surface area contributed by atoms with Crippen molar-refractivity contribution in [1.82, 2.24) is 5.32 Å². The van der Waals surface area contributed by atoms with E-state index in [0.29, 0.717) is 12.8 Å². The Morgan fingerprint density at radius 2 is 0.652 bits per heavy atom. The Kier molecular flexibility index (Phi) is 53.9. The minimum absolute atomic E-state index is 0.0907. The molecule has 1 amide bonds. The Labute approximate surface area is 410 Å². The fraction of sp³-hybridized carbons (Fsp3) is 0.694. The van der Waals surface area contributed by atoms with Gasteiger partial charge in [-0.25, -0.2) is 0 Å². The van der Waals surface area contributed by atoms with Crippen molar-refractivity contribution in [2.75, 3.05) is 6.61 Å². The normalized spacial score (nSPS) is 13.7. The number of amides is 1. The largest absolute Gasteiger partial charge is 0.394 e. The molecule has 66 heavy (non-hydrogen) atoms. The molecule has 0 spiro atoms. The Morgan fingerprint density at radius 3 is 0.939 bits per heavy atom. The van der Waals surface area contributed by atoms with Gasteiger partial charge in [-0.3, -0.25) is 4.79 Å². The fourth-order valence-corrected chi connectivity index (χ4v) is 8.07. The maximum Gasteiger partial charge on any atom is 0.220 e. The number of rotatable bonds is 50. The van der Waals surface area contributed by atoms with Crippen molar-refractivity contribution in [2.45, 2.75) is 270 Å². The fourth-order valence-electron chi connectivity index (χ4n) is 8.07. The number of aliphatic hydroxyl groups excluding tert-OH is 2. The smallest absolute Gasteiger partial charge is 0.220 e. The van der Waals surface area contributed by atoms with Gasteiger partial charge in [-0.05, 0) is 77.0 Å². The molecule has 0 saturated carbocycles. The van der Waals surface area contributed by atoms with Crippen LogP contribution in [0.4, 0.5) is 0 Å². The van der Waals surface area contributed by atoms with Crippen LogP contribution in [0.1, 0.15) is 258 Å². The monoisotopic (exact) mass is 914 g/mol. The zero-order chi connectivity index (χ0) is 47.7. The third-order valence-electron chi connectivity index (χ3n) is 12.3. The molecule has 2 atom stereocenters. The molecule has 0 aliphatic heterocycles. The lowest BCUT2D eigenvalue weighted by Crippen LogP contribution is -2.45. The van der Waals surface area contributed by atoms with Gasteiger partial charge in [0.2, 0.25) is 5.91 Å². The molecule has 0 aromatic carbocycles. The molecule has 0 saturated heterocycles. The lowest BCUT2D eigenvalue weighted by molar-refractivity contribution is -0.123. The number of nitrogens with one attached hydrogen (secondary N) is 1. The van der Waals surface area contributed by atoms with Crippen LogP contribution in [-0.4, -0.2) is 34.9 Å². The van der Waals surface area contributed by atoms with E-state index in [1.54, 1.807) is 0 Å². The number of hydrogen-bond donors (Lipinski definition) is 3. The highest BCUT2D eigenvalue weighted by Crippen LogP contribution is 2.17. The van der Waals surface area contributed by atoms with E-state index < -0.39 is 12.1 Å². The van der Waals surface area contributed by atoms with Crippen molar-refractivity contribution < 1.29 is 15.0 Å². The van der Waals surface area contributed by atoms with Crippen molar-refractivity contribution in [3.05, 3.63) is 109 Å². The van der Waals surface area contributed by atoms with Crippen molar-refractivity contribution in [3.8, 4) is 0 Å². The van der Waals surface area contributed by atoms with E-state index in [9.17, 15) is 15.0 Å². The number of carbonyl (C=O) groups is 1. The average molecular weight is 915 g/mol. The summed E-state index contributed by atoms with van der Waals surface area (Å²) in [6, 6.07) is -0.577. The maximum absolute atomic E-state index is 12.5. The first-order chi connectivity index (χ1) is 32.7. The minimum Gasteiger partial charge on any atom is -0.394 e. The van der Waals surface area contributed by atoms with E-state index >= 15 is 0 Å². The molecule has 4 nitrogen and oxygen atoms in total. The number of aliphatic hydroxyl groups is 2. The molecule has 378 valence electrons. The first kappa shape index (κ1) is 63.0. The van der Waals surface area contributed by atoms with Gasteiger partial charge in [0.25, 0.3) is 0 Å². The summed E-state index contributed by atoms with van der Waals surface area (Å²) < 4.78 is 0. The second-order valence-electron chi connectivity index (χ2n) is 18.6. The van der Waals surface area contributed by atoms with E-state index in [4.69, 9.17) is 0 Å². The van der Waals surface area contributed by atoms with E-state index in [0.717, 1.165) is 83.5 Å². The maximum atomic E-state index is 12.5. The van der Waals surface area contributed by atoms with Crippen LogP contribution in [0.15, 0.2) is 109 Å². The van der Waals surface area contributed by atoms with Crippen molar-refractivity contribution in [2.24, 2.45) is 0 Å². The van der Waals surface area contributed by atoms with Crippen molar-refractivity contribution in [3.63, 3.8) is 0 Å². The zero-order valence-corrected chi connectivity index (χ0v) is 43.4. The summed E-state index contributed by atoms with van der Waals surface area (Å²) in [5.74, 6) is -0.0907. The summed E-state index contributed by atoms with van der Waals surface area (Å²) in [6.07, 6.45) is 85.0. The highest BCUT2D eigenvalue weighted by Gasteiger charge is 2.19. The molecule has 0 aliphatic carbocycles. The van der Waals surface area contributed by atoms with Crippen LogP contribution in [0.5, 0.6) is 0 Å². The number of carbonyl (C=O) groups excluding carboxylic acids is 1. The molecule has 0 aromatic heterocycles. The molecular weight excluding hydrogens is 807 g/mol. The van der Waals surface area contributed by atoms with Gasteiger partial charge in [0.05, 0.1) is 18.8 Å². The molecule has 2 unspecified atom stereocenters. The molecular formula is C62H107NO3. The van der Waals surface area contributed by atoms with Crippen LogP contribution in [0, 0.1) is 0 Å². The summed E-state index contributed by atoms with van der Waals surface area (Å²) in [6.45, 7) is 4.23. The van der Waals surface area contributed by atoms with Gasteiger partial charge < -0.3 is 15.5 Å². The van der Waals surface area contributed by atoms with Gasteiger partial charge >= 0.3 is 0 Å². The standard InChI is InChI=1S/C62H107NO3/c1-3-5-7-9-11-13-15-17-19-21-23-25-27-29-30-31-32-34-36-38-40-42-44-46-48-50-52-54-56-58-62(66)63-60(59-64)61(65)57-55-53-51-49-47-45-43-41-39-37-35-33-28-26-24-22-20-18-16-14-12-10-8-6-4-2/h5,7,11,13,17,19,23,25,29-30,32,34,38,40,44,46,50,52,60-61,64-65H,3-4,6,8-10,12,14-16,18,20-22,24,26-28,31,33,35-37,39,41-43,45,47-49,51,53-59H2,1-2H3,(H,63,66)/b7-5-,13-11-,19-17-,25-23-,30-29-,34-32-,40-38-,46-44-,52-50-. The van der Waals surface area contributed by atoms with Crippen molar-refractivity contribution >= 4 is 5.91 Å². The summed E-state index contributed by atoms with van der Waals surface area (Å²) in [5, 5.41) is 23.3. The number of allylic oxidation sites excluding steroid dienone is 18. The molecule has 0 aliphatic rings. The predicted molar refractivity (Wildman–Crippen MR) is 294 cm³/mol. The number of unbranched alkanes of at least 4 members (excludes halogenated alkanes) is 25. The van der Waals surface area contributed by atoms with Crippen LogP contribution in [0.3, 0.4) is 0 Å². The topological polar surface area (TPSA) is 69.6 Å². The first-order valence-electron chi connectivity index (χ1n) is 28.1. The van der Waals surface area contributed by atoms with Crippen LogP contribution in [-0.2, 0) is 4.79 Å². The van der Waals surface area contributed by atoms with E-state index in [1.165, 1.54) is 148 Å². The Bertz CT molecular complexity index is 1270. The van der Waals surface area contributed by atoms with E-state index in [2.05, 4.69) is 129 Å². The zero-order valence-electron chi connectivity index (χ0n) is 43.4. The van der Waals surface area contributed by atoms with Gasteiger partial charge in [-0.15, -0.1) is 0 Å². The second kappa shape index (κ2) is 56.4. The SMILES string of the molecule is CC/C=C\C/C=C\C/C=C\C/C=C\C/C=C\C/C=C\C/C=C\C/C=C\C/C=C\CCCC(=O)NC(CO)C(O)CCCCCCCCCCCCCCCCCCCCCCCCCCC. The van der Waals surface area contributed by atoms with Crippen LogP contribution < -0.4 is 5.32 Å². The summed E-state index contributed by atoms with van der Waals surface area (Å²) in [5.41, 5.74) is 0. The molecule has 0 aromatic rings. The Hall–Kier alpha value is -2.95. The van der Waals surface area contributed by atoms with Gasteiger partial charge in [-0.2, -0.15) is 0 Å². The quantitative estimate of drug-likeness (QED) is 0.0421. The van der Waals surface area contributed by atoms with Crippen LogP contribution in [0.2, 0.25) is 0 Å². The lowest BCUT2D eigenvalue weighted by atomic mass is 10.0. The Balaban J connectivity index is 3.64. The molecule has 0 heterocycles. The van der Waals surface area contributed by atoms with Gasteiger partial charge in [-0.1, -0.05) is 284 Å². The summed E-state index contributed by atoms with van der Waals surface area (Å²) in [4.78, 5) is 12.5. The molecule has 4 heteroatoms. The van der Waals surface area contributed by atoms with Crippen LogP contribution >= 0.6 is 0 Å². The van der Waals surface area contributed by atoms with Crippen LogP contribution in [0.25, 0.3) is 0 Å². The molecule has 0 bridgehead atoms. The average Bonchev–Trinajstić information content (AvgIpc) is 3.32. The summed E-state index contributed by atoms with van der Waals surface area (Å²) in [7, 11) is 0. The molecule has 0 radical (unpaired) electrons. The third-order valence-corrected chi connectivity index (χ3v) is 12.3. The van der Waals surface area contributed by atoms with E-state index in [-0.39, 0.29) is 12.5 Å². The second-order valence-corrected chi connectivity index (χ2v) is 18.6. The highest BCUT2D eigenvalue weighted by atomic mass is 16.3. The van der Waals surface area contributed by atoms with E-state index in [1.807, 2.05) is 0 Å². The molecule has 0 rings (SSSR count). The van der Waals surface area contributed by atoms with Gasteiger partial charge in [0, 0.05) is 6.42 Å². The predicted octanol–water partition coefficient (Wildman–Crippen LogP) is 18.7. The van der Waals surface area contributed by atoms with Crippen molar-refractivity contribution in [1.29, 1.82) is 0 Å². The Morgan fingerprint density at radius 1 is 0.379 bits per heavy atom.